The average Bonchev–Trinajstić information content (AvgIpc) is 2.62. The second-order valence-electron chi connectivity index (χ2n) is 6.09. The van der Waals surface area contributed by atoms with Crippen molar-refractivity contribution in [2.75, 3.05) is 32.9 Å². The summed E-state index contributed by atoms with van der Waals surface area (Å²) in [5.41, 5.74) is 2.00. The number of hydrogen-bond acceptors (Lipinski definition) is 5. The summed E-state index contributed by atoms with van der Waals surface area (Å²) in [7, 11) is 0. The molecule has 0 bridgehead atoms. The van der Waals surface area contributed by atoms with Gasteiger partial charge in [-0.1, -0.05) is 30.3 Å². The fourth-order valence-electron chi connectivity index (χ4n) is 3.45. The second kappa shape index (κ2) is 7.62. The first-order chi connectivity index (χ1) is 11.7. The van der Waals surface area contributed by atoms with E-state index in [-0.39, 0.29) is 18.3 Å². The van der Waals surface area contributed by atoms with Crippen LogP contribution in [0, 0.1) is 5.92 Å². The predicted octanol–water partition coefficient (Wildman–Crippen LogP) is 2.14. The SMILES string of the molecule is CCOC(=O)[C@H]1C(=O)C=C(N2CCOCC2)C[C@@H]1c1ccccc1. The number of morpholine rings is 1. The maximum Gasteiger partial charge on any atom is 0.317 e. The zero-order valence-electron chi connectivity index (χ0n) is 13.9. The Bertz CT molecular complexity index is 620. The van der Waals surface area contributed by atoms with E-state index in [0.717, 1.165) is 24.4 Å². The van der Waals surface area contributed by atoms with Crippen LogP contribution in [0.2, 0.25) is 0 Å². The molecule has 0 radical (unpaired) electrons. The monoisotopic (exact) mass is 329 g/mol. The number of allylic oxidation sites excluding steroid dienone is 2. The molecule has 24 heavy (non-hydrogen) atoms. The Morgan fingerprint density at radius 1 is 1.25 bits per heavy atom. The van der Waals surface area contributed by atoms with Gasteiger partial charge in [-0.3, -0.25) is 9.59 Å². The van der Waals surface area contributed by atoms with Gasteiger partial charge in [-0.25, -0.2) is 0 Å². The summed E-state index contributed by atoms with van der Waals surface area (Å²) < 4.78 is 10.6. The molecule has 2 atom stereocenters. The minimum atomic E-state index is -0.753. The van der Waals surface area contributed by atoms with Crippen molar-refractivity contribution in [2.24, 2.45) is 5.92 Å². The number of nitrogens with zero attached hydrogens (tertiary/aromatic N) is 1. The van der Waals surface area contributed by atoms with E-state index in [2.05, 4.69) is 4.90 Å². The molecule has 1 aromatic rings. The van der Waals surface area contributed by atoms with Crippen LogP contribution in [-0.4, -0.2) is 49.6 Å². The van der Waals surface area contributed by atoms with Crippen molar-refractivity contribution < 1.29 is 19.1 Å². The molecule has 1 aromatic carbocycles. The number of carbonyl (C=O) groups excluding carboxylic acids is 2. The number of benzene rings is 1. The molecule has 1 fully saturated rings. The highest BCUT2D eigenvalue weighted by Gasteiger charge is 2.40. The number of ether oxygens (including phenoxy) is 2. The molecule has 3 rings (SSSR count). The molecular formula is C19H23NO4. The van der Waals surface area contributed by atoms with Crippen LogP contribution in [0.25, 0.3) is 0 Å². The van der Waals surface area contributed by atoms with Gasteiger partial charge in [0.1, 0.15) is 5.92 Å². The zero-order chi connectivity index (χ0) is 16.9. The van der Waals surface area contributed by atoms with Gasteiger partial charge in [0.25, 0.3) is 0 Å². The van der Waals surface area contributed by atoms with Crippen LogP contribution in [0.3, 0.4) is 0 Å². The number of carbonyl (C=O) groups is 2. The van der Waals surface area contributed by atoms with Crippen molar-refractivity contribution >= 4 is 11.8 Å². The lowest BCUT2D eigenvalue weighted by atomic mass is 9.76. The molecular weight excluding hydrogens is 306 g/mol. The fourth-order valence-corrected chi connectivity index (χ4v) is 3.45. The molecule has 5 nitrogen and oxygen atoms in total. The minimum Gasteiger partial charge on any atom is -0.465 e. The Labute approximate surface area is 142 Å². The second-order valence-corrected chi connectivity index (χ2v) is 6.09. The molecule has 5 heteroatoms. The maximum atomic E-state index is 12.7. The van der Waals surface area contributed by atoms with E-state index in [4.69, 9.17) is 9.47 Å². The van der Waals surface area contributed by atoms with Crippen LogP contribution in [-0.2, 0) is 19.1 Å². The molecule has 2 aliphatic rings. The van der Waals surface area contributed by atoms with Gasteiger partial charge in [-0.05, 0) is 18.9 Å². The largest absolute Gasteiger partial charge is 0.465 e. The number of esters is 1. The van der Waals surface area contributed by atoms with Gasteiger partial charge in [0.05, 0.1) is 19.8 Å². The van der Waals surface area contributed by atoms with Crippen LogP contribution in [0.5, 0.6) is 0 Å². The van der Waals surface area contributed by atoms with E-state index >= 15 is 0 Å². The molecule has 0 spiro atoms. The van der Waals surface area contributed by atoms with E-state index in [1.54, 1.807) is 13.0 Å². The predicted molar refractivity (Wildman–Crippen MR) is 89.4 cm³/mol. The third-order valence-corrected chi connectivity index (χ3v) is 4.63. The first-order valence-electron chi connectivity index (χ1n) is 8.49. The van der Waals surface area contributed by atoms with Gasteiger partial charge in [0.2, 0.25) is 0 Å². The highest BCUT2D eigenvalue weighted by Crippen LogP contribution is 2.38. The van der Waals surface area contributed by atoms with Crippen LogP contribution in [0.1, 0.15) is 24.8 Å². The van der Waals surface area contributed by atoms with E-state index in [0.29, 0.717) is 19.6 Å². The molecule has 1 aliphatic carbocycles. The molecule has 1 saturated heterocycles. The topological polar surface area (TPSA) is 55.8 Å². The van der Waals surface area contributed by atoms with Crippen molar-refractivity contribution in [2.45, 2.75) is 19.3 Å². The summed E-state index contributed by atoms with van der Waals surface area (Å²) in [4.78, 5) is 27.3. The van der Waals surface area contributed by atoms with Crippen LogP contribution in [0.15, 0.2) is 42.1 Å². The Balaban J connectivity index is 1.91. The maximum absolute atomic E-state index is 12.7. The van der Waals surface area contributed by atoms with E-state index in [1.165, 1.54) is 0 Å². The van der Waals surface area contributed by atoms with Gasteiger partial charge in [-0.2, -0.15) is 0 Å². The van der Waals surface area contributed by atoms with Crippen molar-refractivity contribution in [3.63, 3.8) is 0 Å². The summed E-state index contributed by atoms with van der Waals surface area (Å²) in [6.07, 6.45) is 2.30. The van der Waals surface area contributed by atoms with Crippen LogP contribution in [0.4, 0.5) is 0 Å². The highest BCUT2D eigenvalue weighted by atomic mass is 16.5. The molecule has 0 unspecified atom stereocenters. The van der Waals surface area contributed by atoms with Crippen molar-refractivity contribution in [3.8, 4) is 0 Å². The zero-order valence-corrected chi connectivity index (χ0v) is 13.9. The molecule has 1 heterocycles. The van der Waals surface area contributed by atoms with Gasteiger partial charge < -0.3 is 14.4 Å². The van der Waals surface area contributed by atoms with E-state index in [9.17, 15) is 9.59 Å². The molecule has 1 aliphatic heterocycles. The molecule has 0 N–H and O–H groups in total. The van der Waals surface area contributed by atoms with Crippen LogP contribution < -0.4 is 0 Å². The summed E-state index contributed by atoms with van der Waals surface area (Å²) in [6.45, 7) is 4.95. The lowest BCUT2D eigenvalue weighted by Gasteiger charge is -2.37. The van der Waals surface area contributed by atoms with Gasteiger partial charge in [0.15, 0.2) is 5.78 Å². The molecule has 0 saturated carbocycles. The Kier molecular flexibility index (Phi) is 5.30. The Morgan fingerprint density at radius 3 is 2.62 bits per heavy atom. The number of ketones is 1. The highest BCUT2D eigenvalue weighted by molar-refractivity contribution is 6.07. The first kappa shape index (κ1) is 16.7. The Morgan fingerprint density at radius 2 is 1.96 bits per heavy atom. The number of rotatable bonds is 4. The smallest absolute Gasteiger partial charge is 0.317 e. The molecule has 0 aromatic heterocycles. The fraction of sp³-hybridized carbons (Fsp3) is 0.474. The van der Waals surface area contributed by atoms with E-state index < -0.39 is 11.9 Å². The minimum absolute atomic E-state index is 0.157. The molecule has 0 amide bonds. The summed E-state index contributed by atoms with van der Waals surface area (Å²) in [5, 5.41) is 0. The average molecular weight is 329 g/mol. The van der Waals surface area contributed by atoms with Crippen molar-refractivity contribution in [1.82, 2.24) is 4.90 Å². The van der Waals surface area contributed by atoms with Crippen molar-refractivity contribution in [1.29, 1.82) is 0 Å². The lowest BCUT2D eigenvalue weighted by Crippen LogP contribution is -2.41. The third-order valence-electron chi connectivity index (χ3n) is 4.63. The molecule has 128 valence electrons. The standard InChI is InChI=1S/C19H23NO4/c1-2-24-19(22)18-16(14-6-4-3-5-7-14)12-15(13-17(18)21)20-8-10-23-11-9-20/h3-7,13,16,18H,2,8-12H2,1H3/t16-,18-/m1/s1. The third kappa shape index (κ3) is 3.51. The Hall–Kier alpha value is -2.14. The summed E-state index contributed by atoms with van der Waals surface area (Å²) in [6, 6.07) is 9.77. The van der Waals surface area contributed by atoms with Crippen LogP contribution >= 0.6 is 0 Å². The first-order valence-corrected chi connectivity index (χ1v) is 8.49. The van der Waals surface area contributed by atoms with Gasteiger partial charge in [-0.15, -0.1) is 0 Å². The quantitative estimate of drug-likeness (QED) is 0.626. The van der Waals surface area contributed by atoms with Gasteiger partial charge >= 0.3 is 5.97 Å². The summed E-state index contributed by atoms with van der Waals surface area (Å²) >= 11 is 0. The van der Waals surface area contributed by atoms with Gasteiger partial charge in [0, 0.05) is 30.8 Å². The van der Waals surface area contributed by atoms with E-state index in [1.807, 2.05) is 30.3 Å². The lowest BCUT2D eigenvalue weighted by molar-refractivity contribution is -0.152. The summed E-state index contributed by atoms with van der Waals surface area (Å²) in [5.74, 6) is -1.51. The number of hydrogen-bond donors (Lipinski definition) is 0. The van der Waals surface area contributed by atoms with Crippen molar-refractivity contribution in [3.05, 3.63) is 47.7 Å². The normalized spacial score (nSPS) is 24.5.